The topological polar surface area (TPSA) is 56.1 Å². The number of nitrogens with zero attached hydrogens (tertiary/aromatic N) is 2. The normalized spacial score (nSPS) is 10.6. The lowest BCUT2D eigenvalue weighted by Crippen LogP contribution is -2.14. The number of anilines is 1. The Hall–Kier alpha value is -2.57. The fourth-order valence-corrected chi connectivity index (χ4v) is 2.84. The van der Waals surface area contributed by atoms with E-state index >= 15 is 0 Å². The number of aromatic nitrogens is 2. The van der Waals surface area contributed by atoms with Gasteiger partial charge >= 0.3 is 0 Å². The Labute approximate surface area is 159 Å². The molecule has 0 atom stereocenters. The van der Waals surface area contributed by atoms with Crippen molar-refractivity contribution in [3.05, 3.63) is 75.7 Å². The molecule has 0 aliphatic rings. The largest absolute Gasteiger partial charge is 0.496 e. The molecule has 0 fully saturated rings. The first-order chi connectivity index (χ1) is 12.5. The Morgan fingerprint density at radius 3 is 2.69 bits per heavy atom. The molecule has 1 N–H and O–H groups in total. The summed E-state index contributed by atoms with van der Waals surface area (Å²) in [4.78, 5) is 12.4. The van der Waals surface area contributed by atoms with Crippen molar-refractivity contribution >= 4 is 34.9 Å². The lowest BCUT2D eigenvalue weighted by molar-refractivity contribution is 0.102. The van der Waals surface area contributed by atoms with Gasteiger partial charge in [-0.1, -0.05) is 41.4 Å². The summed E-state index contributed by atoms with van der Waals surface area (Å²) < 4.78 is 20.5. The van der Waals surface area contributed by atoms with E-state index in [0.29, 0.717) is 11.3 Å². The summed E-state index contributed by atoms with van der Waals surface area (Å²) in [6.07, 6.45) is 1.49. The number of hydrogen-bond donors (Lipinski definition) is 1. The molecule has 3 aromatic rings. The summed E-state index contributed by atoms with van der Waals surface area (Å²) in [6, 6.07) is 11.2. The Kier molecular flexibility index (Phi) is 5.44. The molecule has 0 bridgehead atoms. The highest BCUT2D eigenvalue weighted by Gasteiger charge is 2.16. The molecule has 0 aliphatic heterocycles. The number of carbonyl (C=O) groups is 1. The minimum absolute atomic E-state index is 0.0791. The molecule has 0 saturated carbocycles. The number of nitrogens with one attached hydrogen (secondary N) is 1. The fraction of sp³-hybridized carbons (Fsp3) is 0.111. The molecule has 0 saturated heterocycles. The quantitative estimate of drug-likeness (QED) is 0.686. The zero-order chi connectivity index (χ0) is 18.7. The Morgan fingerprint density at radius 2 is 1.96 bits per heavy atom. The van der Waals surface area contributed by atoms with Crippen LogP contribution in [0.3, 0.4) is 0 Å². The Balaban J connectivity index is 1.81. The molecule has 3 rings (SSSR count). The van der Waals surface area contributed by atoms with E-state index in [0.717, 1.165) is 0 Å². The number of ether oxygens (including phenoxy) is 1. The van der Waals surface area contributed by atoms with Crippen molar-refractivity contribution in [3.8, 4) is 5.75 Å². The van der Waals surface area contributed by atoms with E-state index in [-0.39, 0.29) is 28.0 Å². The van der Waals surface area contributed by atoms with Crippen molar-refractivity contribution in [1.82, 2.24) is 9.78 Å². The first-order valence-corrected chi connectivity index (χ1v) is 8.35. The standard InChI is InChI=1S/C18H14Cl2FN3O2/c1-26-16-8-3-2-5-11(16)18(25)22-17-14(20)10-24(23-17)9-12-13(19)6-4-7-15(12)21/h2-8,10H,9H2,1H3,(H,22,23,25). The van der Waals surface area contributed by atoms with Gasteiger partial charge in [-0.15, -0.1) is 0 Å². The van der Waals surface area contributed by atoms with E-state index in [1.807, 2.05) is 0 Å². The monoisotopic (exact) mass is 393 g/mol. The lowest BCUT2D eigenvalue weighted by atomic mass is 10.2. The molecule has 0 radical (unpaired) electrons. The highest BCUT2D eigenvalue weighted by Crippen LogP contribution is 2.25. The second-order valence-electron chi connectivity index (χ2n) is 5.38. The molecule has 134 valence electrons. The van der Waals surface area contributed by atoms with Gasteiger partial charge in [0.25, 0.3) is 5.91 Å². The van der Waals surface area contributed by atoms with Crippen LogP contribution in [0.2, 0.25) is 10.0 Å². The number of halogens is 3. The molecule has 0 aliphatic carbocycles. The molecule has 1 aromatic heterocycles. The number of para-hydroxylation sites is 1. The van der Waals surface area contributed by atoms with E-state index in [2.05, 4.69) is 10.4 Å². The molecule has 1 amide bonds. The Bertz CT molecular complexity index is 939. The van der Waals surface area contributed by atoms with Crippen LogP contribution in [-0.4, -0.2) is 22.8 Å². The van der Waals surface area contributed by atoms with Gasteiger partial charge in [0.1, 0.15) is 16.6 Å². The maximum Gasteiger partial charge on any atom is 0.260 e. The van der Waals surface area contributed by atoms with Gasteiger partial charge in [-0.3, -0.25) is 9.48 Å². The second kappa shape index (κ2) is 7.76. The maximum absolute atomic E-state index is 13.9. The number of carbonyl (C=O) groups excluding carboxylic acids is 1. The van der Waals surface area contributed by atoms with Gasteiger partial charge in [-0.05, 0) is 24.3 Å². The summed E-state index contributed by atoms with van der Waals surface area (Å²) >= 11 is 12.2. The van der Waals surface area contributed by atoms with Crippen molar-refractivity contribution in [2.75, 3.05) is 12.4 Å². The third-order valence-electron chi connectivity index (χ3n) is 3.68. The fourth-order valence-electron chi connectivity index (χ4n) is 2.42. The molecule has 0 spiro atoms. The molecule has 8 heteroatoms. The first kappa shape index (κ1) is 18.2. The van der Waals surface area contributed by atoms with Crippen LogP contribution < -0.4 is 10.1 Å². The molecular formula is C18H14Cl2FN3O2. The third kappa shape index (κ3) is 3.81. The number of benzene rings is 2. The van der Waals surface area contributed by atoms with E-state index in [1.165, 1.54) is 30.1 Å². The average molecular weight is 394 g/mol. The number of hydrogen-bond acceptors (Lipinski definition) is 3. The summed E-state index contributed by atoms with van der Waals surface area (Å²) in [7, 11) is 1.48. The van der Waals surface area contributed by atoms with Crippen LogP contribution >= 0.6 is 23.2 Å². The van der Waals surface area contributed by atoms with Gasteiger partial charge in [0, 0.05) is 16.8 Å². The summed E-state index contributed by atoms with van der Waals surface area (Å²) in [5.74, 6) is -0.268. The van der Waals surface area contributed by atoms with E-state index < -0.39 is 11.7 Å². The molecule has 2 aromatic carbocycles. The predicted molar refractivity (Wildman–Crippen MR) is 98.7 cm³/mol. The summed E-state index contributed by atoms with van der Waals surface area (Å²) in [6.45, 7) is 0.0791. The maximum atomic E-state index is 13.9. The van der Waals surface area contributed by atoms with Crippen LogP contribution in [0.4, 0.5) is 10.2 Å². The Morgan fingerprint density at radius 1 is 1.19 bits per heavy atom. The van der Waals surface area contributed by atoms with Gasteiger partial charge in [0.2, 0.25) is 0 Å². The van der Waals surface area contributed by atoms with Crippen LogP contribution in [0.25, 0.3) is 0 Å². The highest BCUT2D eigenvalue weighted by molar-refractivity contribution is 6.33. The summed E-state index contributed by atoms with van der Waals surface area (Å²) in [5.41, 5.74) is 0.633. The number of rotatable bonds is 5. The zero-order valence-electron chi connectivity index (χ0n) is 13.7. The minimum atomic E-state index is -0.441. The molecular weight excluding hydrogens is 380 g/mol. The zero-order valence-corrected chi connectivity index (χ0v) is 15.2. The van der Waals surface area contributed by atoms with Crippen molar-refractivity contribution in [2.45, 2.75) is 6.54 Å². The molecule has 5 nitrogen and oxygen atoms in total. The molecule has 1 heterocycles. The SMILES string of the molecule is COc1ccccc1C(=O)Nc1nn(Cc2c(F)cccc2Cl)cc1Cl. The van der Waals surface area contributed by atoms with Crippen molar-refractivity contribution < 1.29 is 13.9 Å². The minimum Gasteiger partial charge on any atom is -0.496 e. The van der Waals surface area contributed by atoms with Gasteiger partial charge in [0.05, 0.1) is 19.2 Å². The lowest BCUT2D eigenvalue weighted by Gasteiger charge is -2.08. The van der Waals surface area contributed by atoms with Crippen LogP contribution in [-0.2, 0) is 6.54 Å². The number of methoxy groups -OCH3 is 1. The molecule has 26 heavy (non-hydrogen) atoms. The number of amides is 1. The second-order valence-corrected chi connectivity index (χ2v) is 6.19. The van der Waals surface area contributed by atoms with Crippen molar-refractivity contribution in [3.63, 3.8) is 0 Å². The van der Waals surface area contributed by atoms with Crippen LogP contribution in [0.5, 0.6) is 5.75 Å². The summed E-state index contributed by atoms with van der Waals surface area (Å²) in [5, 5.41) is 7.33. The van der Waals surface area contributed by atoms with Crippen LogP contribution in [0.1, 0.15) is 15.9 Å². The van der Waals surface area contributed by atoms with Crippen molar-refractivity contribution in [1.29, 1.82) is 0 Å². The van der Waals surface area contributed by atoms with Crippen molar-refractivity contribution in [2.24, 2.45) is 0 Å². The van der Waals surface area contributed by atoms with Gasteiger partial charge in [0.15, 0.2) is 5.82 Å². The van der Waals surface area contributed by atoms with Gasteiger partial charge < -0.3 is 10.1 Å². The predicted octanol–water partition coefficient (Wildman–Crippen LogP) is 4.64. The van der Waals surface area contributed by atoms with E-state index in [9.17, 15) is 9.18 Å². The van der Waals surface area contributed by atoms with Gasteiger partial charge in [-0.2, -0.15) is 5.10 Å². The third-order valence-corrected chi connectivity index (χ3v) is 4.31. The first-order valence-electron chi connectivity index (χ1n) is 7.60. The van der Waals surface area contributed by atoms with Crippen LogP contribution in [0.15, 0.2) is 48.7 Å². The van der Waals surface area contributed by atoms with Crippen LogP contribution in [0, 0.1) is 5.82 Å². The average Bonchev–Trinajstić information content (AvgIpc) is 2.97. The smallest absolute Gasteiger partial charge is 0.260 e. The van der Waals surface area contributed by atoms with E-state index in [1.54, 1.807) is 30.3 Å². The van der Waals surface area contributed by atoms with E-state index in [4.69, 9.17) is 27.9 Å². The molecule has 0 unspecified atom stereocenters. The highest BCUT2D eigenvalue weighted by atomic mass is 35.5. The van der Waals surface area contributed by atoms with Gasteiger partial charge in [-0.25, -0.2) is 4.39 Å².